The Bertz CT molecular complexity index is 1430. The summed E-state index contributed by atoms with van der Waals surface area (Å²) >= 11 is 5.47. The minimum absolute atomic E-state index is 0.00694. The van der Waals surface area contributed by atoms with Crippen LogP contribution in [0.1, 0.15) is 65.4 Å². The van der Waals surface area contributed by atoms with E-state index in [0.29, 0.717) is 30.1 Å². The van der Waals surface area contributed by atoms with Crippen molar-refractivity contribution in [3.63, 3.8) is 0 Å². The van der Waals surface area contributed by atoms with Gasteiger partial charge in [0.2, 0.25) is 0 Å². The first kappa shape index (κ1) is 35.9. The number of carbonyl (C=O) groups excluding carboxylic acids is 2. The zero-order chi connectivity index (χ0) is 32.5. The Morgan fingerprint density at radius 1 is 1.02 bits per heavy atom. The van der Waals surface area contributed by atoms with E-state index in [1.54, 1.807) is 26.8 Å². The van der Waals surface area contributed by atoms with Gasteiger partial charge in [-0.25, -0.2) is 8.78 Å². The van der Waals surface area contributed by atoms with E-state index in [-0.39, 0.29) is 11.4 Å². The van der Waals surface area contributed by atoms with E-state index in [4.69, 9.17) is 26.6 Å². The summed E-state index contributed by atoms with van der Waals surface area (Å²) in [5, 5.41) is 15.9. The van der Waals surface area contributed by atoms with Crippen LogP contribution in [0.4, 0.5) is 14.5 Å². The summed E-state index contributed by atoms with van der Waals surface area (Å²) in [6.07, 6.45) is 4.40. The van der Waals surface area contributed by atoms with Gasteiger partial charge in [0, 0.05) is 43.4 Å². The lowest BCUT2D eigenvalue weighted by atomic mass is 9.84. The van der Waals surface area contributed by atoms with E-state index in [2.05, 4.69) is 24.9 Å². The third-order valence-electron chi connectivity index (χ3n) is 6.93. The molecule has 6 nitrogen and oxygen atoms in total. The van der Waals surface area contributed by atoms with Gasteiger partial charge in [-0.2, -0.15) is 0 Å². The number of carbonyl (C=O) groups is 2. The van der Waals surface area contributed by atoms with Gasteiger partial charge in [-0.1, -0.05) is 11.6 Å². The highest BCUT2D eigenvalue weighted by Crippen LogP contribution is 2.44. The maximum Gasteiger partial charge on any atom is 0.165 e. The van der Waals surface area contributed by atoms with Gasteiger partial charge in [-0.3, -0.25) is 4.79 Å². The average Bonchev–Trinajstić information content (AvgIpc) is 3.33. The summed E-state index contributed by atoms with van der Waals surface area (Å²) in [4.78, 5) is 23.7. The number of fused-ring (bicyclic) bond motifs is 2. The summed E-state index contributed by atoms with van der Waals surface area (Å²) in [6, 6.07) is 7.61. The van der Waals surface area contributed by atoms with Crippen LogP contribution in [0.3, 0.4) is 0 Å². The minimum Gasteiger partial charge on any atom is -0.490 e. The molecular weight excluding hydrogens is 576 g/mol. The fourth-order valence-corrected chi connectivity index (χ4v) is 5.25. The van der Waals surface area contributed by atoms with Gasteiger partial charge in [0.1, 0.15) is 12.1 Å². The lowest BCUT2D eigenvalue weighted by molar-refractivity contribution is -0.107. The fraction of sp³-hybridized carbons (Fsp3) is 0.412. The summed E-state index contributed by atoms with van der Waals surface area (Å²) in [5.74, 6) is -0.422. The second-order valence-electron chi connectivity index (χ2n) is 11.3. The molecular formula is C34H42ClF2NO5. The van der Waals surface area contributed by atoms with Gasteiger partial charge in [0.05, 0.1) is 17.8 Å². The van der Waals surface area contributed by atoms with Gasteiger partial charge in [-0.05, 0) is 118 Å². The maximum atomic E-state index is 14.8. The van der Waals surface area contributed by atoms with E-state index >= 15 is 0 Å². The number of halogens is 3. The molecule has 2 aliphatic heterocycles. The molecule has 2 aliphatic rings. The van der Waals surface area contributed by atoms with E-state index in [1.807, 2.05) is 6.92 Å². The third-order valence-corrected chi connectivity index (χ3v) is 7.16. The topological polar surface area (TPSA) is 87.1 Å². The Balaban J connectivity index is 0.000000314. The predicted molar refractivity (Wildman–Crippen MR) is 169 cm³/mol. The normalized spacial score (nSPS) is 13.1. The molecule has 0 aromatic heterocycles. The maximum absolute atomic E-state index is 14.8. The number of anilines is 1. The molecule has 0 bridgehead atoms. The summed E-state index contributed by atoms with van der Waals surface area (Å²) in [5.41, 5.74) is 8.06. The van der Waals surface area contributed by atoms with Crippen LogP contribution in [0.2, 0.25) is 5.02 Å². The van der Waals surface area contributed by atoms with Gasteiger partial charge >= 0.3 is 0 Å². The third kappa shape index (κ3) is 9.33. The number of rotatable bonds is 4. The highest BCUT2D eigenvalue weighted by molar-refractivity contribution is 6.30. The van der Waals surface area contributed by atoms with Gasteiger partial charge in [0.25, 0.3) is 0 Å². The average molecular weight is 618 g/mol. The zero-order valence-electron chi connectivity index (χ0n) is 26.0. The van der Waals surface area contributed by atoms with Gasteiger partial charge < -0.3 is 24.6 Å². The number of nitrogens with zero attached hydrogens (tertiary/aromatic N) is 1. The summed E-state index contributed by atoms with van der Waals surface area (Å²) in [7, 11) is 3.09. The Morgan fingerprint density at radius 3 is 2.26 bits per heavy atom. The van der Waals surface area contributed by atoms with Crippen molar-refractivity contribution >= 4 is 29.9 Å². The molecule has 0 aliphatic carbocycles. The van der Waals surface area contributed by atoms with E-state index < -0.39 is 11.4 Å². The van der Waals surface area contributed by atoms with Crippen LogP contribution in [-0.2, 0) is 24.1 Å². The minimum atomic E-state index is -0.542. The van der Waals surface area contributed by atoms with Crippen molar-refractivity contribution in [3.8, 4) is 16.9 Å². The number of aliphatic hydroxyl groups is 2. The smallest absolute Gasteiger partial charge is 0.165 e. The summed E-state index contributed by atoms with van der Waals surface area (Å²) in [6.45, 7) is 10.8. The van der Waals surface area contributed by atoms with Crippen molar-refractivity contribution in [2.75, 3.05) is 32.2 Å². The molecule has 2 heterocycles. The molecule has 3 aromatic carbocycles. The molecule has 43 heavy (non-hydrogen) atoms. The van der Waals surface area contributed by atoms with Gasteiger partial charge in [-0.15, -0.1) is 0 Å². The lowest BCUT2D eigenvalue weighted by Gasteiger charge is -2.25. The first-order valence-electron chi connectivity index (χ1n) is 14.1. The second-order valence-corrected chi connectivity index (χ2v) is 11.8. The van der Waals surface area contributed by atoms with Crippen molar-refractivity contribution in [1.82, 2.24) is 0 Å². The Hall–Kier alpha value is -3.33. The number of ether oxygens (including phenoxy) is 1. The Kier molecular flexibility index (Phi) is 13.3. The van der Waals surface area contributed by atoms with Crippen LogP contribution in [0.15, 0.2) is 30.3 Å². The molecule has 0 fully saturated rings. The molecule has 0 atom stereocenters. The SMILES string of the molecule is CC(C)(C)O.CO.Cc1cc2c(c(-c3cc(F)c4c(c3C)CCCO4)c1CC=O)CCN2C.O=Cc1cc(Cl)ccc1F. The van der Waals surface area contributed by atoms with Gasteiger partial charge in [0.15, 0.2) is 17.9 Å². The largest absolute Gasteiger partial charge is 0.490 e. The lowest BCUT2D eigenvalue weighted by Crippen LogP contribution is -2.13. The molecule has 9 heteroatoms. The molecule has 234 valence electrons. The molecule has 0 spiro atoms. The van der Waals surface area contributed by atoms with E-state index in [9.17, 15) is 18.4 Å². The van der Waals surface area contributed by atoms with Crippen LogP contribution in [-0.4, -0.2) is 55.7 Å². The summed E-state index contributed by atoms with van der Waals surface area (Å²) < 4.78 is 32.9. The second kappa shape index (κ2) is 15.9. The first-order chi connectivity index (χ1) is 20.3. The van der Waals surface area contributed by atoms with Crippen LogP contribution >= 0.6 is 11.6 Å². The highest BCUT2D eigenvalue weighted by atomic mass is 35.5. The number of aldehydes is 2. The number of aryl methyl sites for hydroxylation is 1. The van der Waals surface area contributed by atoms with E-state index in [0.717, 1.165) is 78.7 Å². The van der Waals surface area contributed by atoms with Crippen molar-refractivity contribution in [1.29, 1.82) is 0 Å². The monoisotopic (exact) mass is 617 g/mol. The molecule has 2 N–H and O–H groups in total. The van der Waals surface area contributed by atoms with Crippen LogP contribution < -0.4 is 9.64 Å². The zero-order valence-corrected chi connectivity index (χ0v) is 26.7. The Labute approximate surface area is 258 Å². The first-order valence-corrected chi connectivity index (χ1v) is 14.5. The van der Waals surface area contributed by atoms with E-state index in [1.165, 1.54) is 23.4 Å². The molecule has 0 unspecified atom stereocenters. The predicted octanol–water partition coefficient (Wildman–Crippen LogP) is 6.85. The standard InChI is InChI=1S/C22H24FNO2.C7H4ClFO.C4H10O.CH4O/c1-13-11-20-17(6-8-24(20)3)21(15(13)7-9-25)18-12-19(23)22-16(14(18)2)5-4-10-26-22;8-6-1-2-7(9)5(3-6)4-10;1-4(2,3)5;1-2/h9,11-12H,4-8,10H2,1-3H3;1-4H;5H,1-3H3;2H,1H3. The number of hydrogen-bond donors (Lipinski definition) is 2. The number of hydrogen-bond acceptors (Lipinski definition) is 6. The highest BCUT2D eigenvalue weighted by Gasteiger charge is 2.28. The van der Waals surface area contributed by atoms with Crippen LogP contribution in [0.5, 0.6) is 5.75 Å². The number of benzene rings is 3. The number of aliphatic hydroxyl groups excluding tert-OH is 1. The van der Waals surface area contributed by atoms with Crippen molar-refractivity contribution < 1.29 is 33.3 Å². The van der Waals surface area contributed by atoms with Crippen LogP contribution in [0.25, 0.3) is 11.1 Å². The molecule has 0 saturated carbocycles. The molecule has 3 aromatic rings. The molecule has 0 saturated heterocycles. The quantitative estimate of drug-likeness (QED) is 0.312. The van der Waals surface area contributed by atoms with Crippen molar-refractivity contribution in [3.05, 3.63) is 80.4 Å². The Morgan fingerprint density at radius 2 is 1.67 bits per heavy atom. The van der Waals surface area contributed by atoms with Crippen LogP contribution in [0, 0.1) is 25.5 Å². The molecule has 0 radical (unpaired) electrons. The fourth-order valence-electron chi connectivity index (χ4n) is 5.07. The number of likely N-dealkylation sites (N-methyl/N-ethyl adjacent to an activating group) is 1. The van der Waals surface area contributed by atoms with Crippen molar-refractivity contribution in [2.24, 2.45) is 0 Å². The molecule has 0 amide bonds. The molecule has 5 rings (SSSR count). The van der Waals surface area contributed by atoms with Crippen molar-refractivity contribution in [2.45, 2.75) is 65.9 Å².